The average molecular weight is 382 g/mol. The zero-order chi connectivity index (χ0) is 16.7. The molecule has 1 aliphatic rings. The molecule has 2 amide bonds. The van der Waals surface area contributed by atoms with E-state index in [9.17, 15) is 4.79 Å². The largest absolute Gasteiger partial charge is 0.338 e. The van der Waals surface area contributed by atoms with E-state index in [1.807, 2.05) is 19.1 Å². The van der Waals surface area contributed by atoms with Gasteiger partial charge in [0.2, 0.25) is 0 Å². The Labute approximate surface area is 148 Å². The van der Waals surface area contributed by atoms with Gasteiger partial charge in [0.05, 0.1) is 0 Å². The molecule has 0 aliphatic carbocycles. The number of carbonyl (C=O) groups is 1. The summed E-state index contributed by atoms with van der Waals surface area (Å²) in [5.74, 6) is 0.592. The summed E-state index contributed by atoms with van der Waals surface area (Å²) in [5.41, 5.74) is 1.23. The molecule has 1 aliphatic heterocycles. The Balaban J connectivity index is 1.65. The normalized spacial score (nSPS) is 19.5. The van der Waals surface area contributed by atoms with Crippen molar-refractivity contribution in [1.29, 1.82) is 0 Å². The highest BCUT2D eigenvalue weighted by Crippen LogP contribution is 2.15. The Bertz CT molecular complexity index is 492. The minimum atomic E-state index is -0.0523. The van der Waals surface area contributed by atoms with Crippen molar-refractivity contribution < 1.29 is 4.79 Å². The predicted octanol–water partition coefficient (Wildman–Crippen LogP) is 3.41. The highest BCUT2D eigenvalue weighted by atomic mass is 79.9. The van der Waals surface area contributed by atoms with Crippen molar-refractivity contribution in [2.24, 2.45) is 5.92 Å². The van der Waals surface area contributed by atoms with E-state index < -0.39 is 0 Å². The zero-order valence-electron chi connectivity index (χ0n) is 14.1. The summed E-state index contributed by atoms with van der Waals surface area (Å²) in [6.45, 7) is 8.49. The minimum absolute atomic E-state index is 0.0523. The molecule has 0 radical (unpaired) electrons. The van der Waals surface area contributed by atoms with Crippen LogP contribution in [-0.2, 0) is 6.42 Å². The second-order valence-corrected chi connectivity index (χ2v) is 7.46. The van der Waals surface area contributed by atoms with Crippen molar-refractivity contribution >= 4 is 22.0 Å². The van der Waals surface area contributed by atoms with Crippen LogP contribution in [0.2, 0.25) is 0 Å². The molecule has 0 spiro atoms. The fraction of sp³-hybridized carbons (Fsp3) is 0.611. The Kier molecular flexibility index (Phi) is 7.37. The number of urea groups is 1. The first-order valence-corrected chi connectivity index (χ1v) is 9.37. The standard InChI is InChI=1S/C18H28BrN3O/c1-3-9-22-10-8-16(13-22)12-20-18(23)21-14(2)11-15-4-6-17(19)7-5-15/h4-7,14,16H,3,8-13H2,1-2H3,(H2,20,21,23)/t14-,16-/m1/s1. The van der Waals surface area contributed by atoms with Crippen molar-refractivity contribution in [1.82, 2.24) is 15.5 Å². The van der Waals surface area contributed by atoms with Gasteiger partial charge in [0.25, 0.3) is 0 Å². The number of benzene rings is 1. The first-order chi connectivity index (χ1) is 11.1. The number of amides is 2. The van der Waals surface area contributed by atoms with Crippen molar-refractivity contribution in [2.75, 3.05) is 26.2 Å². The molecule has 0 unspecified atom stereocenters. The summed E-state index contributed by atoms with van der Waals surface area (Å²) >= 11 is 3.44. The number of carbonyl (C=O) groups excluding carboxylic acids is 1. The fourth-order valence-corrected chi connectivity index (χ4v) is 3.40. The molecule has 2 N–H and O–H groups in total. The van der Waals surface area contributed by atoms with Crippen LogP contribution in [-0.4, -0.2) is 43.2 Å². The maximum atomic E-state index is 12.0. The molecule has 1 saturated heterocycles. The molecule has 1 aromatic rings. The van der Waals surface area contributed by atoms with Gasteiger partial charge in [0.15, 0.2) is 0 Å². The lowest BCUT2D eigenvalue weighted by Gasteiger charge is -2.17. The van der Waals surface area contributed by atoms with Crippen LogP contribution in [0.3, 0.4) is 0 Å². The molecule has 2 atom stereocenters. The van der Waals surface area contributed by atoms with E-state index in [-0.39, 0.29) is 12.1 Å². The Morgan fingerprint density at radius 3 is 2.83 bits per heavy atom. The molecule has 5 heteroatoms. The van der Waals surface area contributed by atoms with Crippen molar-refractivity contribution in [3.05, 3.63) is 34.3 Å². The number of rotatable bonds is 7. The third-order valence-corrected chi connectivity index (χ3v) is 4.82. The van der Waals surface area contributed by atoms with Crippen LogP contribution < -0.4 is 10.6 Å². The first kappa shape index (κ1) is 18.3. The molecule has 23 heavy (non-hydrogen) atoms. The monoisotopic (exact) mass is 381 g/mol. The third-order valence-electron chi connectivity index (χ3n) is 4.29. The van der Waals surface area contributed by atoms with Crippen molar-refractivity contribution in [3.63, 3.8) is 0 Å². The second-order valence-electron chi connectivity index (χ2n) is 6.54. The van der Waals surface area contributed by atoms with Crippen LogP contribution in [0.1, 0.15) is 32.3 Å². The van der Waals surface area contributed by atoms with Gasteiger partial charge in [0.1, 0.15) is 0 Å². The molecule has 128 valence electrons. The molecule has 1 aromatic carbocycles. The molecule has 1 fully saturated rings. The van der Waals surface area contributed by atoms with E-state index in [2.05, 4.69) is 50.5 Å². The molecule has 2 rings (SSSR count). The van der Waals surface area contributed by atoms with Crippen LogP contribution in [0.25, 0.3) is 0 Å². The maximum Gasteiger partial charge on any atom is 0.315 e. The second kappa shape index (κ2) is 9.28. The summed E-state index contributed by atoms with van der Waals surface area (Å²) in [5, 5.41) is 6.06. The summed E-state index contributed by atoms with van der Waals surface area (Å²) in [4.78, 5) is 14.5. The van der Waals surface area contributed by atoms with Gasteiger partial charge in [0, 0.05) is 23.6 Å². The van der Waals surface area contributed by atoms with Crippen LogP contribution in [0.4, 0.5) is 4.79 Å². The van der Waals surface area contributed by atoms with E-state index in [1.165, 1.54) is 31.5 Å². The van der Waals surface area contributed by atoms with Gasteiger partial charge in [-0.1, -0.05) is 35.0 Å². The molecule has 0 saturated carbocycles. The smallest absolute Gasteiger partial charge is 0.315 e. The number of hydrogen-bond donors (Lipinski definition) is 2. The predicted molar refractivity (Wildman–Crippen MR) is 98.7 cm³/mol. The lowest BCUT2D eigenvalue weighted by Crippen LogP contribution is -2.43. The van der Waals surface area contributed by atoms with E-state index in [0.717, 1.165) is 24.0 Å². The molecule has 0 bridgehead atoms. The topological polar surface area (TPSA) is 44.4 Å². The van der Waals surface area contributed by atoms with Gasteiger partial charge in [-0.05, 0) is 62.9 Å². The van der Waals surface area contributed by atoms with Gasteiger partial charge in [-0.15, -0.1) is 0 Å². The Morgan fingerprint density at radius 2 is 2.13 bits per heavy atom. The van der Waals surface area contributed by atoms with Gasteiger partial charge >= 0.3 is 6.03 Å². The molecule has 1 heterocycles. The van der Waals surface area contributed by atoms with Crippen molar-refractivity contribution in [3.8, 4) is 0 Å². The molecular formula is C18H28BrN3O. The van der Waals surface area contributed by atoms with E-state index in [0.29, 0.717) is 5.92 Å². The lowest BCUT2D eigenvalue weighted by molar-refractivity contribution is 0.235. The summed E-state index contributed by atoms with van der Waals surface area (Å²) in [6.07, 6.45) is 3.23. The fourth-order valence-electron chi connectivity index (χ4n) is 3.14. The van der Waals surface area contributed by atoms with Crippen LogP contribution in [0.15, 0.2) is 28.7 Å². The molecule has 0 aromatic heterocycles. The SMILES string of the molecule is CCCN1CC[C@H](CNC(=O)N[C@H](C)Cc2ccc(Br)cc2)C1. The summed E-state index contributed by atoms with van der Waals surface area (Å²) < 4.78 is 1.08. The lowest BCUT2D eigenvalue weighted by atomic mass is 10.1. The Morgan fingerprint density at radius 1 is 1.39 bits per heavy atom. The van der Waals surface area contributed by atoms with Gasteiger partial charge in [-0.3, -0.25) is 0 Å². The number of likely N-dealkylation sites (tertiary alicyclic amines) is 1. The first-order valence-electron chi connectivity index (χ1n) is 8.58. The number of nitrogens with zero attached hydrogens (tertiary/aromatic N) is 1. The van der Waals surface area contributed by atoms with Gasteiger partial charge in [-0.2, -0.15) is 0 Å². The zero-order valence-corrected chi connectivity index (χ0v) is 15.7. The van der Waals surface area contributed by atoms with E-state index in [4.69, 9.17) is 0 Å². The van der Waals surface area contributed by atoms with Crippen LogP contribution in [0.5, 0.6) is 0 Å². The van der Waals surface area contributed by atoms with E-state index >= 15 is 0 Å². The average Bonchev–Trinajstić information content (AvgIpc) is 2.95. The highest BCUT2D eigenvalue weighted by molar-refractivity contribution is 9.10. The maximum absolute atomic E-state index is 12.0. The number of halogens is 1. The highest BCUT2D eigenvalue weighted by Gasteiger charge is 2.22. The molecular weight excluding hydrogens is 354 g/mol. The van der Waals surface area contributed by atoms with Gasteiger partial charge < -0.3 is 15.5 Å². The number of hydrogen-bond acceptors (Lipinski definition) is 2. The van der Waals surface area contributed by atoms with Crippen LogP contribution in [0, 0.1) is 5.92 Å². The van der Waals surface area contributed by atoms with E-state index in [1.54, 1.807) is 0 Å². The number of nitrogens with one attached hydrogen (secondary N) is 2. The van der Waals surface area contributed by atoms with Gasteiger partial charge in [-0.25, -0.2) is 4.79 Å². The third kappa shape index (κ3) is 6.51. The minimum Gasteiger partial charge on any atom is -0.338 e. The van der Waals surface area contributed by atoms with Crippen molar-refractivity contribution in [2.45, 2.75) is 39.2 Å². The molecule has 4 nitrogen and oxygen atoms in total. The summed E-state index contributed by atoms with van der Waals surface area (Å²) in [7, 11) is 0. The quantitative estimate of drug-likeness (QED) is 0.759. The summed E-state index contributed by atoms with van der Waals surface area (Å²) in [6, 6.07) is 8.30. The Hall–Kier alpha value is -1.07. The van der Waals surface area contributed by atoms with Crippen LogP contribution >= 0.6 is 15.9 Å².